The van der Waals surface area contributed by atoms with E-state index >= 15 is 0 Å². The highest BCUT2D eigenvalue weighted by Gasteiger charge is 2.19. The molecule has 4 nitrogen and oxygen atoms in total. The Morgan fingerprint density at radius 2 is 2.28 bits per heavy atom. The largest absolute Gasteiger partial charge is 0.362 e. The Labute approximate surface area is 106 Å². The first-order chi connectivity index (χ1) is 8.58. The molecule has 5 heteroatoms. The molecule has 0 bridgehead atoms. The number of rotatable bonds is 2. The van der Waals surface area contributed by atoms with Crippen LogP contribution in [0, 0.1) is 5.82 Å². The smallest absolute Gasteiger partial charge is 0.239 e. The molecule has 1 aliphatic rings. The zero-order valence-corrected chi connectivity index (χ0v) is 10.4. The van der Waals surface area contributed by atoms with Crippen molar-refractivity contribution in [2.75, 3.05) is 24.5 Å². The summed E-state index contributed by atoms with van der Waals surface area (Å²) in [5.41, 5.74) is 7.46. The molecule has 18 heavy (non-hydrogen) atoms. The van der Waals surface area contributed by atoms with Gasteiger partial charge in [0.15, 0.2) is 0 Å². The predicted molar refractivity (Wildman–Crippen MR) is 68.8 cm³/mol. The van der Waals surface area contributed by atoms with E-state index in [2.05, 4.69) is 5.32 Å². The van der Waals surface area contributed by atoms with E-state index in [-0.39, 0.29) is 17.8 Å². The van der Waals surface area contributed by atoms with Crippen LogP contribution in [-0.2, 0) is 4.79 Å². The van der Waals surface area contributed by atoms with Gasteiger partial charge in [-0.2, -0.15) is 0 Å². The summed E-state index contributed by atoms with van der Waals surface area (Å²) in [6.45, 7) is 3.57. The first kappa shape index (κ1) is 12.8. The molecule has 2 rings (SSSR count). The summed E-state index contributed by atoms with van der Waals surface area (Å²) in [7, 11) is 0. The van der Waals surface area contributed by atoms with Gasteiger partial charge in [0.2, 0.25) is 5.91 Å². The van der Waals surface area contributed by atoms with Crippen molar-refractivity contribution < 1.29 is 9.18 Å². The summed E-state index contributed by atoms with van der Waals surface area (Å²) in [4.78, 5) is 13.5. The van der Waals surface area contributed by atoms with Crippen LogP contribution < -0.4 is 16.0 Å². The molecule has 98 valence electrons. The third kappa shape index (κ3) is 2.79. The molecule has 0 unspecified atom stereocenters. The highest BCUT2D eigenvalue weighted by atomic mass is 19.1. The van der Waals surface area contributed by atoms with Gasteiger partial charge in [-0.3, -0.25) is 4.79 Å². The molecule has 1 atom stereocenters. The molecule has 1 aromatic carbocycles. The van der Waals surface area contributed by atoms with Crippen molar-refractivity contribution >= 4 is 11.6 Å². The number of benzene rings is 1. The number of hydrogen-bond donors (Lipinski definition) is 2. The molecule has 1 fully saturated rings. The van der Waals surface area contributed by atoms with Gasteiger partial charge in [0.25, 0.3) is 0 Å². The zero-order chi connectivity index (χ0) is 13.1. The van der Waals surface area contributed by atoms with Crippen molar-refractivity contribution in [3.63, 3.8) is 0 Å². The van der Waals surface area contributed by atoms with E-state index in [0.29, 0.717) is 13.1 Å². The standard InChI is InChI=1S/C13H18FN3O/c1-9(15)11-7-10(14)3-4-12(11)17-6-2-5-16-13(18)8-17/h3-4,7,9H,2,5-6,8,15H2,1H3,(H,16,18)/t9-/m1/s1. The van der Waals surface area contributed by atoms with E-state index in [0.717, 1.165) is 24.2 Å². The van der Waals surface area contributed by atoms with Crippen LogP contribution in [0.5, 0.6) is 0 Å². The third-order valence-corrected chi connectivity index (χ3v) is 3.08. The highest BCUT2D eigenvalue weighted by molar-refractivity contribution is 5.82. The lowest BCUT2D eigenvalue weighted by Gasteiger charge is -2.25. The average Bonchev–Trinajstić information content (AvgIpc) is 2.53. The number of amides is 1. The van der Waals surface area contributed by atoms with E-state index in [1.54, 1.807) is 6.07 Å². The maximum atomic E-state index is 13.3. The lowest BCUT2D eigenvalue weighted by molar-refractivity contribution is -0.119. The van der Waals surface area contributed by atoms with Crippen LogP contribution in [-0.4, -0.2) is 25.5 Å². The number of nitrogens with zero attached hydrogens (tertiary/aromatic N) is 1. The highest BCUT2D eigenvalue weighted by Crippen LogP contribution is 2.26. The first-order valence-electron chi connectivity index (χ1n) is 6.14. The minimum atomic E-state index is -0.301. The lowest BCUT2D eigenvalue weighted by atomic mass is 10.1. The number of carbonyl (C=O) groups is 1. The van der Waals surface area contributed by atoms with Crippen molar-refractivity contribution in [3.8, 4) is 0 Å². The van der Waals surface area contributed by atoms with Crippen LogP contribution in [0.25, 0.3) is 0 Å². The SMILES string of the molecule is C[C@@H](N)c1cc(F)ccc1N1CCCNC(=O)C1. The van der Waals surface area contributed by atoms with Gasteiger partial charge in [-0.1, -0.05) is 0 Å². The molecule has 1 heterocycles. The van der Waals surface area contributed by atoms with Crippen molar-refractivity contribution in [2.45, 2.75) is 19.4 Å². The van der Waals surface area contributed by atoms with Crippen LogP contribution in [0.4, 0.5) is 10.1 Å². The zero-order valence-electron chi connectivity index (χ0n) is 10.4. The Kier molecular flexibility index (Phi) is 3.81. The number of carbonyl (C=O) groups excluding carboxylic acids is 1. The van der Waals surface area contributed by atoms with Crippen LogP contribution in [0.15, 0.2) is 18.2 Å². The van der Waals surface area contributed by atoms with E-state index in [4.69, 9.17) is 5.73 Å². The van der Waals surface area contributed by atoms with E-state index in [1.165, 1.54) is 12.1 Å². The fraction of sp³-hybridized carbons (Fsp3) is 0.462. The molecule has 0 aromatic heterocycles. The number of nitrogens with two attached hydrogens (primary N) is 1. The summed E-state index contributed by atoms with van der Waals surface area (Å²) >= 11 is 0. The summed E-state index contributed by atoms with van der Waals surface area (Å²) in [5.74, 6) is -0.308. The van der Waals surface area contributed by atoms with Crippen molar-refractivity contribution in [3.05, 3.63) is 29.6 Å². The average molecular weight is 251 g/mol. The van der Waals surface area contributed by atoms with Gasteiger partial charge in [-0.05, 0) is 37.1 Å². The summed E-state index contributed by atoms with van der Waals surface area (Å²) in [6.07, 6.45) is 0.876. The van der Waals surface area contributed by atoms with Gasteiger partial charge in [0, 0.05) is 24.8 Å². The number of hydrogen-bond acceptors (Lipinski definition) is 3. The Hall–Kier alpha value is -1.62. The normalized spacial score (nSPS) is 18.2. The summed E-state index contributed by atoms with van der Waals surface area (Å²) in [5, 5.41) is 2.82. The monoisotopic (exact) mass is 251 g/mol. The fourth-order valence-electron chi connectivity index (χ4n) is 2.19. The summed E-state index contributed by atoms with van der Waals surface area (Å²) in [6, 6.07) is 4.29. The molecule has 1 saturated heterocycles. The fourth-order valence-corrected chi connectivity index (χ4v) is 2.19. The molecule has 0 saturated carbocycles. The van der Waals surface area contributed by atoms with Crippen molar-refractivity contribution in [1.29, 1.82) is 0 Å². The summed E-state index contributed by atoms with van der Waals surface area (Å²) < 4.78 is 13.3. The van der Waals surface area contributed by atoms with Gasteiger partial charge < -0.3 is 16.0 Å². The lowest BCUT2D eigenvalue weighted by Crippen LogP contribution is -2.34. The topological polar surface area (TPSA) is 58.4 Å². The van der Waals surface area contributed by atoms with Crippen LogP contribution in [0.1, 0.15) is 24.9 Å². The molecule has 1 aliphatic heterocycles. The van der Waals surface area contributed by atoms with E-state index < -0.39 is 0 Å². The first-order valence-corrected chi connectivity index (χ1v) is 6.14. The Morgan fingerprint density at radius 1 is 1.50 bits per heavy atom. The number of halogens is 1. The Morgan fingerprint density at radius 3 is 3.00 bits per heavy atom. The van der Waals surface area contributed by atoms with Gasteiger partial charge in [-0.25, -0.2) is 4.39 Å². The molecule has 0 radical (unpaired) electrons. The second-order valence-corrected chi connectivity index (χ2v) is 4.62. The number of anilines is 1. The molecule has 1 aromatic rings. The quantitative estimate of drug-likeness (QED) is 0.829. The predicted octanol–water partition coefficient (Wildman–Crippen LogP) is 1.17. The van der Waals surface area contributed by atoms with Gasteiger partial charge >= 0.3 is 0 Å². The van der Waals surface area contributed by atoms with Gasteiger partial charge in [0.05, 0.1) is 6.54 Å². The molecule has 0 aliphatic carbocycles. The Bertz CT molecular complexity index is 448. The van der Waals surface area contributed by atoms with Crippen molar-refractivity contribution in [1.82, 2.24) is 5.32 Å². The molecule has 0 spiro atoms. The minimum absolute atomic E-state index is 0.00699. The van der Waals surface area contributed by atoms with Crippen LogP contribution in [0.2, 0.25) is 0 Å². The third-order valence-electron chi connectivity index (χ3n) is 3.08. The van der Waals surface area contributed by atoms with E-state index in [9.17, 15) is 9.18 Å². The van der Waals surface area contributed by atoms with Gasteiger partial charge in [-0.15, -0.1) is 0 Å². The van der Waals surface area contributed by atoms with Gasteiger partial charge in [0.1, 0.15) is 5.82 Å². The second-order valence-electron chi connectivity index (χ2n) is 4.62. The Balaban J connectivity index is 2.33. The molecular weight excluding hydrogens is 233 g/mol. The maximum Gasteiger partial charge on any atom is 0.239 e. The van der Waals surface area contributed by atoms with Crippen molar-refractivity contribution in [2.24, 2.45) is 5.73 Å². The second kappa shape index (κ2) is 5.35. The number of nitrogens with one attached hydrogen (secondary N) is 1. The van der Waals surface area contributed by atoms with Crippen LogP contribution in [0.3, 0.4) is 0 Å². The molecule has 1 amide bonds. The minimum Gasteiger partial charge on any atom is -0.362 e. The molecular formula is C13H18FN3O. The van der Waals surface area contributed by atoms with E-state index in [1.807, 2.05) is 11.8 Å². The van der Waals surface area contributed by atoms with Crippen LogP contribution >= 0.6 is 0 Å². The molecule has 3 N–H and O–H groups in total. The maximum absolute atomic E-state index is 13.3.